The second kappa shape index (κ2) is 12.8. The third-order valence-corrected chi connectivity index (χ3v) is 6.49. The van der Waals surface area contributed by atoms with Gasteiger partial charge < -0.3 is 19.3 Å². The molecule has 1 aliphatic heterocycles. The number of aliphatic hydroxyl groups is 1. The van der Waals surface area contributed by atoms with E-state index in [-0.39, 0.29) is 5.97 Å². The maximum absolute atomic E-state index is 12.1. The first kappa shape index (κ1) is 27.7. The van der Waals surface area contributed by atoms with E-state index in [4.69, 9.17) is 14.2 Å². The number of carbonyl (C=O) groups is 1. The number of allylic oxidation sites excluding steroid dienone is 5. The van der Waals surface area contributed by atoms with Gasteiger partial charge in [0.2, 0.25) is 0 Å². The lowest BCUT2D eigenvalue weighted by atomic mass is 9.85. The van der Waals surface area contributed by atoms with Crippen molar-refractivity contribution in [3.63, 3.8) is 0 Å². The number of benzene rings is 1. The average molecular weight is 471 g/mol. The van der Waals surface area contributed by atoms with Crippen molar-refractivity contribution >= 4 is 5.97 Å². The zero-order valence-electron chi connectivity index (χ0n) is 22.0. The molecule has 0 aromatic heterocycles. The molecule has 34 heavy (non-hydrogen) atoms. The summed E-state index contributed by atoms with van der Waals surface area (Å²) in [7, 11) is 3.08. The third-order valence-electron chi connectivity index (χ3n) is 6.49. The quantitative estimate of drug-likeness (QED) is 0.230. The Kier molecular flexibility index (Phi) is 10.4. The monoisotopic (exact) mass is 470 g/mol. The Morgan fingerprint density at radius 1 is 1.12 bits per heavy atom. The van der Waals surface area contributed by atoms with E-state index in [1.165, 1.54) is 18.3 Å². The number of aliphatic hydroxyl groups excluding tert-OH is 1. The second-order valence-corrected chi connectivity index (χ2v) is 9.74. The van der Waals surface area contributed by atoms with Crippen LogP contribution >= 0.6 is 0 Å². The number of methoxy groups -OCH3 is 2. The molecule has 0 bridgehead atoms. The first-order valence-corrected chi connectivity index (χ1v) is 12.2. The van der Waals surface area contributed by atoms with Crippen LogP contribution in [0, 0.1) is 6.92 Å². The van der Waals surface area contributed by atoms with E-state index in [0.29, 0.717) is 12.8 Å². The Bertz CT molecular complexity index is 936. The summed E-state index contributed by atoms with van der Waals surface area (Å²) in [6, 6.07) is 3.92. The summed E-state index contributed by atoms with van der Waals surface area (Å²) < 4.78 is 16.6. The molecule has 0 aliphatic carbocycles. The Hall–Kier alpha value is -2.53. The van der Waals surface area contributed by atoms with E-state index >= 15 is 0 Å². The molecule has 2 unspecified atom stereocenters. The predicted octanol–water partition coefficient (Wildman–Crippen LogP) is 6.41. The lowest BCUT2D eigenvalue weighted by Gasteiger charge is -2.40. The zero-order valence-corrected chi connectivity index (χ0v) is 22.0. The largest absolute Gasteiger partial charge is 0.497 e. The molecule has 1 heterocycles. The van der Waals surface area contributed by atoms with E-state index in [2.05, 4.69) is 32.9 Å². The minimum atomic E-state index is -0.633. The van der Waals surface area contributed by atoms with E-state index in [1.807, 2.05) is 32.1 Å². The summed E-state index contributed by atoms with van der Waals surface area (Å²) in [6.07, 6.45) is 11.1. The van der Waals surface area contributed by atoms with Gasteiger partial charge in [0, 0.05) is 17.6 Å². The molecule has 0 fully saturated rings. The van der Waals surface area contributed by atoms with Crippen molar-refractivity contribution in [2.24, 2.45) is 0 Å². The summed E-state index contributed by atoms with van der Waals surface area (Å²) in [6.45, 7) is 10.2. The number of rotatable bonds is 11. The van der Waals surface area contributed by atoms with Crippen molar-refractivity contribution in [1.29, 1.82) is 0 Å². The molecule has 0 amide bonds. The van der Waals surface area contributed by atoms with Crippen LogP contribution in [0.25, 0.3) is 0 Å². The molecule has 188 valence electrons. The summed E-state index contributed by atoms with van der Waals surface area (Å²) in [5, 5.41) is 10.8. The molecule has 5 nitrogen and oxygen atoms in total. The van der Waals surface area contributed by atoms with Crippen LogP contribution in [0.5, 0.6) is 11.5 Å². The number of aryl methyl sites for hydroxylation is 1. The van der Waals surface area contributed by atoms with Crippen LogP contribution in [0.2, 0.25) is 0 Å². The molecular weight excluding hydrogens is 428 g/mol. The van der Waals surface area contributed by atoms with Crippen LogP contribution in [-0.4, -0.2) is 37.0 Å². The van der Waals surface area contributed by atoms with Crippen molar-refractivity contribution in [3.05, 3.63) is 58.2 Å². The van der Waals surface area contributed by atoms with Gasteiger partial charge in [-0.2, -0.15) is 0 Å². The minimum Gasteiger partial charge on any atom is -0.497 e. The molecule has 2 atom stereocenters. The standard InChI is InChI=1S/C29H42O5/c1-20(2)11-8-14-23(28(31)33-7)15-9-12-21(3)13-10-16-29(5)26(30)19-24-18-25(32-6)17-22(4)27(24)34-29/h11,13,15,17-18,26,30H,8-10,12,14,16,19H2,1-7H3/b21-13+,23-15-. The summed E-state index contributed by atoms with van der Waals surface area (Å²) in [4.78, 5) is 12.1. The van der Waals surface area contributed by atoms with Gasteiger partial charge in [0.15, 0.2) is 0 Å². The van der Waals surface area contributed by atoms with E-state index in [9.17, 15) is 9.90 Å². The molecule has 0 radical (unpaired) electrons. The van der Waals surface area contributed by atoms with Gasteiger partial charge in [-0.05, 0) is 90.8 Å². The highest BCUT2D eigenvalue weighted by Gasteiger charge is 2.40. The Morgan fingerprint density at radius 2 is 1.82 bits per heavy atom. The van der Waals surface area contributed by atoms with Crippen LogP contribution in [0.3, 0.4) is 0 Å². The van der Waals surface area contributed by atoms with Crippen LogP contribution in [0.15, 0.2) is 47.1 Å². The van der Waals surface area contributed by atoms with Gasteiger partial charge >= 0.3 is 5.97 Å². The Morgan fingerprint density at radius 3 is 2.47 bits per heavy atom. The van der Waals surface area contributed by atoms with E-state index in [1.54, 1.807) is 7.11 Å². The summed E-state index contributed by atoms with van der Waals surface area (Å²) in [5.74, 6) is 1.41. The highest BCUT2D eigenvalue weighted by Crippen LogP contribution is 2.40. The lowest BCUT2D eigenvalue weighted by Crippen LogP contribution is -2.49. The Labute approximate surface area is 205 Å². The predicted molar refractivity (Wildman–Crippen MR) is 137 cm³/mol. The molecule has 1 aromatic carbocycles. The fraction of sp³-hybridized carbons (Fsp3) is 0.552. The number of fused-ring (bicyclic) bond motifs is 1. The number of hydrogen-bond acceptors (Lipinski definition) is 5. The molecule has 0 spiro atoms. The van der Waals surface area contributed by atoms with Gasteiger partial charge in [0.05, 0.1) is 20.3 Å². The first-order valence-electron chi connectivity index (χ1n) is 12.2. The van der Waals surface area contributed by atoms with Gasteiger partial charge in [-0.1, -0.05) is 29.4 Å². The molecule has 0 saturated carbocycles. The van der Waals surface area contributed by atoms with Crippen molar-refractivity contribution in [1.82, 2.24) is 0 Å². The summed E-state index contributed by atoms with van der Waals surface area (Å²) in [5.41, 5.74) is 4.64. The van der Waals surface area contributed by atoms with Crippen LogP contribution < -0.4 is 9.47 Å². The fourth-order valence-electron chi connectivity index (χ4n) is 4.29. The van der Waals surface area contributed by atoms with Gasteiger partial charge in [0.1, 0.15) is 17.1 Å². The van der Waals surface area contributed by atoms with Gasteiger partial charge in [-0.25, -0.2) is 4.79 Å². The Balaban J connectivity index is 1.94. The highest BCUT2D eigenvalue weighted by molar-refractivity contribution is 5.88. The van der Waals surface area contributed by atoms with Crippen LogP contribution in [0.4, 0.5) is 0 Å². The second-order valence-electron chi connectivity index (χ2n) is 9.74. The maximum atomic E-state index is 12.1. The number of hydrogen-bond donors (Lipinski definition) is 1. The zero-order chi connectivity index (χ0) is 25.3. The molecule has 0 saturated heterocycles. The maximum Gasteiger partial charge on any atom is 0.333 e. The molecule has 1 aromatic rings. The number of carbonyl (C=O) groups excluding carboxylic acids is 1. The lowest BCUT2D eigenvalue weighted by molar-refractivity contribution is -0.136. The number of ether oxygens (including phenoxy) is 3. The van der Waals surface area contributed by atoms with Gasteiger partial charge in [0.25, 0.3) is 0 Å². The summed E-state index contributed by atoms with van der Waals surface area (Å²) >= 11 is 0. The van der Waals surface area contributed by atoms with Gasteiger partial charge in [-0.15, -0.1) is 0 Å². The molecular formula is C29H42O5. The number of esters is 1. The average Bonchev–Trinajstić information content (AvgIpc) is 2.78. The minimum absolute atomic E-state index is 0.242. The van der Waals surface area contributed by atoms with Crippen molar-refractivity contribution < 1.29 is 24.1 Å². The van der Waals surface area contributed by atoms with Crippen molar-refractivity contribution in [2.75, 3.05) is 14.2 Å². The normalized spacial score (nSPS) is 20.3. The topological polar surface area (TPSA) is 65.0 Å². The smallest absolute Gasteiger partial charge is 0.333 e. The fourth-order valence-corrected chi connectivity index (χ4v) is 4.29. The van der Waals surface area contributed by atoms with E-state index < -0.39 is 11.7 Å². The third kappa shape index (κ3) is 7.76. The van der Waals surface area contributed by atoms with Crippen molar-refractivity contribution in [2.45, 2.75) is 91.3 Å². The molecule has 2 rings (SSSR count). The van der Waals surface area contributed by atoms with E-state index in [0.717, 1.165) is 60.3 Å². The van der Waals surface area contributed by atoms with Crippen LogP contribution in [-0.2, 0) is 16.0 Å². The van der Waals surface area contributed by atoms with Crippen molar-refractivity contribution in [3.8, 4) is 11.5 Å². The highest BCUT2D eigenvalue weighted by atomic mass is 16.5. The van der Waals surface area contributed by atoms with Crippen LogP contribution in [0.1, 0.15) is 77.3 Å². The molecule has 1 aliphatic rings. The first-order chi connectivity index (χ1) is 16.1. The van der Waals surface area contributed by atoms with Gasteiger partial charge in [-0.3, -0.25) is 0 Å². The SMILES string of the molecule is COC(=O)/C(=C\CC/C(C)=C/CCC1(C)Oc2c(C)cc(OC)cc2CC1O)CCC=C(C)C. The molecule has 5 heteroatoms. The molecule has 1 N–H and O–H groups in total.